The van der Waals surface area contributed by atoms with Crippen LogP contribution >= 0.6 is 0 Å². The lowest BCUT2D eigenvalue weighted by molar-refractivity contribution is -0.0885. The van der Waals surface area contributed by atoms with Crippen LogP contribution in [0.15, 0.2) is 43.2 Å². The number of nitrogens with zero attached hydrogens (tertiary/aromatic N) is 2. The molecule has 2 aromatic heterocycles. The maximum atomic E-state index is 13.4. The number of hydrogen-bond acceptors (Lipinski definition) is 4. The van der Waals surface area contributed by atoms with Crippen molar-refractivity contribution in [2.45, 2.75) is 43.9 Å². The number of methoxy groups -OCH3 is 1. The fourth-order valence-corrected chi connectivity index (χ4v) is 5.68. The predicted octanol–water partition coefficient (Wildman–Crippen LogP) is 4.49. The molecule has 162 valence electrons. The van der Waals surface area contributed by atoms with Gasteiger partial charge in [0.25, 0.3) is 5.92 Å². The molecule has 5 nitrogen and oxygen atoms in total. The van der Waals surface area contributed by atoms with Gasteiger partial charge in [-0.3, -0.25) is 4.98 Å². The van der Waals surface area contributed by atoms with Crippen LogP contribution in [0.2, 0.25) is 0 Å². The van der Waals surface area contributed by atoms with E-state index in [9.17, 15) is 13.0 Å². The highest BCUT2D eigenvalue weighted by Gasteiger charge is 2.53. The SMILES string of the molecule is C=Cc1ccc(-c2cccnc2OC)cn1.CC1NS(=O)C2CC(F)(F)C(C)CC12. The first-order valence-electron chi connectivity index (χ1n) is 9.89. The Bertz CT molecular complexity index is 908. The van der Waals surface area contributed by atoms with Gasteiger partial charge in [-0.15, -0.1) is 0 Å². The molecule has 2 aliphatic rings. The molecule has 1 aliphatic carbocycles. The number of halogens is 2. The van der Waals surface area contributed by atoms with Gasteiger partial charge >= 0.3 is 0 Å². The number of hydrogen-bond donors (Lipinski definition) is 1. The van der Waals surface area contributed by atoms with Crippen LogP contribution in [0, 0.1) is 11.8 Å². The molecule has 2 fully saturated rings. The summed E-state index contributed by atoms with van der Waals surface area (Å²) in [5.41, 5.74) is 2.77. The second-order valence-corrected chi connectivity index (χ2v) is 9.18. The van der Waals surface area contributed by atoms with E-state index in [0.717, 1.165) is 16.8 Å². The molecular weight excluding hydrogens is 408 g/mol. The van der Waals surface area contributed by atoms with Crippen LogP contribution in [0.25, 0.3) is 17.2 Å². The van der Waals surface area contributed by atoms with Crippen molar-refractivity contribution < 1.29 is 17.7 Å². The fraction of sp³-hybridized carbons (Fsp3) is 0.455. The molecule has 1 saturated heterocycles. The summed E-state index contributed by atoms with van der Waals surface area (Å²) in [7, 11) is 0.348. The second kappa shape index (κ2) is 9.31. The van der Waals surface area contributed by atoms with Crippen molar-refractivity contribution in [3.63, 3.8) is 0 Å². The summed E-state index contributed by atoms with van der Waals surface area (Å²) < 4.78 is 46.3. The number of ether oxygens (including phenoxy) is 1. The van der Waals surface area contributed by atoms with Crippen molar-refractivity contribution in [2.75, 3.05) is 7.11 Å². The number of aromatic nitrogens is 2. The van der Waals surface area contributed by atoms with Crippen molar-refractivity contribution in [1.29, 1.82) is 0 Å². The molecule has 2 aromatic rings. The van der Waals surface area contributed by atoms with E-state index in [1.54, 1.807) is 32.5 Å². The predicted molar refractivity (Wildman–Crippen MR) is 115 cm³/mol. The van der Waals surface area contributed by atoms with E-state index >= 15 is 0 Å². The number of pyridine rings is 2. The van der Waals surface area contributed by atoms with Crippen LogP contribution in [0.1, 0.15) is 32.4 Å². The minimum Gasteiger partial charge on any atom is -0.481 e. The van der Waals surface area contributed by atoms with Gasteiger partial charge in [-0.25, -0.2) is 22.7 Å². The molecule has 0 bridgehead atoms. The Labute approximate surface area is 178 Å². The molecule has 5 unspecified atom stereocenters. The standard InChI is InChI=1S/C13H12N2O.C9H15F2NOS/c1-3-11-7-6-10(9-15-11)12-5-4-8-14-13(12)16-2;1-5-3-7-6(2)12-14(13)8(7)4-9(5,10)11/h3-9H,1H2,2H3;5-8,12H,3-4H2,1-2H3. The number of alkyl halides is 2. The second-order valence-electron chi connectivity index (χ2n) is 7.74. The average Bonchev–Trinajstić information content (AvgIpc) is 3.01. The van der Waals surface area contributed by atoms with Crippen molar-refractivity contribution in [2.24, 2.45) is 11.8 Å². The lowest BCUT2D eigenvalue weighted by Crippen LogP contribution is -2.42. The van der Waals surface area contributed by atoms with Gasteiger partial charge in [0.05, 0.1) is 29.0 Å². The Morgan fingerprint density at radius 3 is 2.70 bits per heavy atom. The molecule has 0 radical (unpaired) electrons. The monoisotopic (exact) mass is 435 g/mol. The highest BCUT2D eigenvalue weighted by molar-refractivity contribution is 7.84. The molecule has 1 N–H and O–H groups in total. The zero-order valence-electron chi connectivity index (χ0n) is 17.3. The smallest absolute Gasteiger partial charge is 0.251 e. The van der Waals surface area contributed by atoms with Gasteiger partial charge in [0.15, 0.2) is 0 Å². The van der Waals surface area contributed by atoms with Gasteiger partial charge in [-0.1, -0.05) is 19.6 Å². The molecule has 1 aliphatic heterocycles. The highest BCUT2D eigenvalue weighted by Crippen LogP contribution is 2.45. The first-order chi connectivity index (χ1) is 14.3. The lowest BCUT2D eigenvalue weighted by Gasteiger charge is -2.36. The Morgan fingerprint density at radius 1 is 1.30 bits per heavy atom. The number of fused-ring (bicyclic) bond motifs is 1. The van der Waals surface area contributed by atoms with Crippen molar-refractivity contribution >= 4 is 17.1 Å². The maximum absolute atomic E-state index is 13.4. The molecule has 0 aromatic carbocycles. The van der Waals surface area contributed by atoms with Crippen molar-refractivity contribution in [3.8, 4) is 17.0 Å². The zero-order valence-corrected chi connectivity index (χ0v) is 18.2. The molecule has 0 spiro atoms. The Morgan fingerprint density at radius 2 is 2.07 bits per heavy atom. The molecule has 5 atom stereocenters. The van der Waals surface area contributed by atoms with E-state index < -0.39 is 22.8 Å². The summed E-state index contributed by atoms with van der Waals surface area (Å²) in [5.74, 6) is -2.45. The number of rotatable bonds is 3. The minimum absolute atomic E-state index is 0.111. The van der Waals surface area contributed by atoms with E-state index in [2.05, 4.69) is 21.3 Å². The van der Waals surface area contributed by atoms with Gasteiger partial charge in [0, 0.05) is 41.9 Å². The van der Waals surface area contributed by atoms with Gasteiger partial charge in [0.2, 0.25) is 5.88 Å². The van der Waals surface area contributed by atoms with Gasteiger partial charge < -0.3 is 4.74 Å². The van der Waals surface area contributed by atoms with Crippen LogP contribution in [-0.2, 0) is 11.0 Å². The Balaban J connectivity index is 0.000000172. The van der Waals surface area contributed by atoms with E-state index in [1.165, 1.54) is 0 Å². The summed E-state index contributed by atoms with van der Waals surface area (Å²) in [6.07, 6.45) is 5.47. The number of nitrogens with one attached hydrogen (secondary N) is 1. The summed E-state index contributed by atoms with van der Waals surface area (Å²) in [4.78, 5) is 8.39. The lowest BCUT2D eigenvalue weighted by atomic mass is 9.76. The first-order valence-corrected chi connectivity index (χ1v) is 11.1. The van der Waals surface area contributed by atoms with E-state index in [0.29, 0.717) is 12.3 Å². The topological polar surface area (TPSA) is 64.1 Å². The average molecular weight is 436 g/mol. The Hall–Kier alpha value is -2.19. The van der Waals surface area contributed by atoms with E-state index in [1.807, 2.05) is 31.2 Å². The zero-order chi connectivity index (χ0) is 21.9. The van der Waals surface area contributed by atoms with Gasteiger partial charge in [0.1, 0.15) is 0 Å². The van der Waals surface area contributed by atoms with Crippen LogP contribution in [0.4, 0.5) is 8.78 Å². The van der Waals surface area contributed by atoms with Crippen LogP contribution < -0.4 is 9.46 Å². The third-order valence-electron chi connectivity index (χ3n) is 5.79. The first kappa shape index (κ1) is 22.5. The largest absolute Gasteiger partial charge is 0.481 e. The van der Waals surface area contributed by atoms with Crippen LogP contribution in [-0.4, -0.2) is 38.5 Å². The molecule has 3 heterocycles. The van der Waals surface area contributed by atoms with Crippen LogP contribution in [0.5, 0.6) is 5.88 Å². The summed E-state index contributed by atoms with van der Waals surface area (Å²) in [6, 6.07) is 7.83. The Kier molecular flexibility index (Phi) is 6.98. The molecule has 1 saturated carbocycles. The van der Waals surface area contributed by atoms with Gasteiger partial charge in [-0.05, 0) is 43.5 Å². The minimum atomic E-state index is -2.64. The summed E-state index contributed by atoms with van der Waals surface area (Å²) in [5, 5.41) is -0.351. The molecule has 0 amide bonds. The fourth-order valence-electron chi connectivity index (χ4n) is 3.93. The van der Waals surface area contributed by atoms with E-state index in [4.69, 9.17) is 4.74 Å². The van der Waals surface area contributed by atoms with Crippen LogP contribution in [0.3, 0.4) is 0 Å². The third kappa shape index (κ3) is 4.75. The normalized spacial score (nSPS) is 29.3. The quantitative estimate of drug-likeness (QED) is 0.772. The molecule has 8 heteroatoms. The van der Waals surface area contributed by atoms with Gasteiger partial charge in [-0.2, -0.15) is 0 Å². The summed E-state index contributed by atoms with van der Waals surface area (Å²) in [6.45, 7) is 7.18. The maximum Gasteiger partial charge on any atom is 0.251 e. The molecule has 30 heavy (non-hydrogen) atoms. The van der Waals surface area contributed by atoms with Crippen molar-refractivity contribution in [3.05, 3.63) is 48.9 Å². The molecule has 4 rings (SSSR count). The highest BCUT2D eigenvalue weighted by atomic mass is 32.2. The molecular formula is C22H27F2N3O2S. The van der Waals surface area contributed by atoms with Crippen molar-refractivity contribution in [1.82, 2.24) is 14.7 Å². The third-order valence-corrected chi connectivity index (χ3v) is 7.46. The summed E-state index contributed by atoms with van der Waals surface area (Å²) >= 11 is 0. The van der Waals surface area contributed by atoms with E-state index in [-0.39, 0.29) is 23.6 Å².